The van der Waals surface area contributed by atoms with Crippen LogP contribution in [0, 0.1) is 0 Å². The van der Waals surface area contributed by atoms with Crippen molar-refractivity contribution in [2.45, 2.75) is 50.5 Å². The molecule has 0 amide bonds. The Morgan fingerprint density at radius 2 is 2.00 bits per heavy atom. The SMILES string of the molecule is NC[C@H]1Cc2cc(Cl)cc(C3CCCCC3)c2O1. The van der Waals surface area contributed by atoms with E-state index in [0.717, 1.165) is 17.2 Å². The number of fused-ring (bicyclic) bond motifs is 1. The molecule has 2 nitrogen and oxygen atoms in total. The molecule has 1 fully saturated rings. The summed E-state index contributed by atoms with van der Waals surface area (Å²) in [5.41, 5.74) is 8.30. The first-order valence-electron chi connectivity index (χ1n) is 6.97. The first kappa shape index (κ1) is 12.3. The van der Waals surface area contributed by atoms with Crippen molar-refractivity contribution in [1.29, 1.82) is 0 Å². The molecule has 1 aliphatic carbocycles. The van der Waals surface area contributed by atoms with E-state index in [1.165, 1.54) is 43.2 Å². The number of rotatable bonds is 2. The minimum atomic E-state index is 0.140. The lowest BCUT2D eigenvalue weighted by molar-refractivity contribution is 0.237. The third-order valence-electron chi connectivity index (χ3n) is 4.20. The Kier molecular flexibility index (Phi) is 3.49. The summed E-state index contributed by atoms with van der Waals surface area (Å²) in [6.45, 7) is 0.580. The van der Waals surface area contributed by atoms with Gasteiger partial charge in [-0.3, -0.25) is 0 Å². The second-order valence-corrected chi connectivity index (χ2v) is 5.93. The highest BCUT2D eigenvalue weighted by atomic mass is 35.5. The fourth-order valence-corrected chi connectivity index (χ4v) is 3.52. The van der Waals surface area contributed by atoms with Gasteiger partial charge in [-0.15, -0.1) is 0 Å². The van der Waals surface area contributed by atoms with Gasteiger partial charge in [0, 0.05) is 18.0 Å². The molecule has 1 aromatic carbocycles. The highest BCUT2D eigenvalue weighted by Gasteiger charge is 2.28. The van der Waals surface area contributed by atoms with Gasteiger partial charge in [0.15, 0.2) is 0 Å². The molecule has 98 valence electrons. The number of nitrogens with two attached hydrogens (primary N) is 1. The van der Waals surface area contributed by atoms with Crippen molar-refractivity contribution in [3.05, 3.63) is 28.3 Å². The standard InChI is InChI=1S/C15H20ClNO/c16-12-6-11-7-13(9-17)18-15(11)14(8-12)10-4-2-1-3-5-10/h6,8,10,13H,1-5,7,9,17H2/t13-/m1/s1. The fourth-order valence-electron chi connectivity index (χ4n) is 3.27. The van der Waals surface area contributed by atoms with E-state index in [4.69, 9.17) is 22.1 Å². The summed E-state index contributed by atoms with van der Waals surface area (Å²) in [6, 6.07) is 4.15. The maximum atomic E-state index is 6.25. The molecule has 3 rings (SSSR count). The summed E-state index contributed by atoms with van der Waals surface area (Å²) in [6.07, 6.45) is 7.60. The normalized spacial score (nSPS) is 23.8. The van der Waals surface area contributed by atoms with Crippen LogP contribution in [-0.2, 0) is 6.42 Å². The van der Waals surface area contributed by atoms with E-state index >= 15 is 0 Å². The molecule has 0 bridgehead atoms. The molecule has 1 aromatic rings. The molecule has 1 saturated carbocycles. The predicted octanol–water partition coefficient (Wildman–Crippen LogP) is 3.65. The average Bonchev–Trinajstić information content (AvgIpc) is 2.81. The van der Waals surface area contributed by atoms with Crippen molar-refractivity contribution in [3.63, 3.8) is 0 Å². The summed E-state index contributed by atoms with van der Waals surface area (Å²) in [7, 11) is 0. The number of ether oxygens (including phenoxy) is 1. The van der Waals surface area contributed by atoms with Crippen molar-refractivity contribution in [1.82, 2.24) is 0 Å². The minimum Gasteiger partial charge on any atom is -0.488 e. The largest absolute Gasteiger partial charge is 0.488 e. The maximum absolute atomic E-state index is 6.25. The molecule has 0 saturated heterocycles. The third-order valence-corrected chi connectivity index (χ3v) is 4.42. The van der Waals surface area contributed by atoms with Gasteiger partial charge in [-0.2, -0.15) is 0 Å². The van der Waals surface area contributed by atoms with Crippen molar-refractivity contribution in [2.24, 2.45) is 5.73 Å². The predicted molar refractivity (Wildman–Crippen MR) is 74.5 cm³/mol. The van der Waals surface area contributed by atoms with Gasteiger partial charge in [0.05, 0.1) is 0 Å². The topological polar surface area (TPSA) is 35.2 Å². The molecule has 1 atom stereocenters. The van der Waals surface area contributed by atoms with Gasteiger partial charge in [0.1, 0.15) is 11.9 Å². The molecule has 2 aliphatic rings. The van der Waals surface area contributed by atoms with E-state index in [1.54, 1.807) is 0 Å². The van der Waals surface area contributed by atoms with Crippen LogP contribution in [0.1, 0.15) is 49.1 Å². The van der Waals surface area contributed by atoms with Gasteiger partial charge in [-0.25, -0.2) is 0 Å². The van der Waals surface area contributed by atoms with Crippen LogP contribution in [0.5, 0.6) is 5.75 Å². The van der Waals surface area contributed by atoms with E-state index in [2.05, 4.69) is 6.07 Å². The highest BCUT2D eigenvalue weighted by Crippen LogP contribution is 2.43. The first-order chi connectivity index (χ1) is 8.78. The van der Waals surface area contributed by atoms with E-state index in [9.17, 15) is 0 Å². The summed E-state index contributed by atoms with van der Waals surface area (Å²) in [5, 5.41) is 0.843. The molecule has 0 spiro atoms. The summed E-state index contributed by atoms with van der Waals surface area (Å²) in [4.78, 5) is 0. The molecule has 3 heteroatoms. The Bertz CT molecular complexity index is 440. The average molecular weight is 266 g/mol. The van der Waals surface area contributed by atoms with Crippen LogP contribution in [0.2, 0.25) is 5.02 Å². The summed E-state index contributed by atoms with van der Waals surface area (Å²) < 4.78 is 6.01. The molecule has 0 radical (unpaired) electrons. The van der Waals surface area contributed by atoms with Gasteiger partial charge in [0.2, 0.25) is 0 Å². The zero-order chi connectivity index (χ0) is 12.5. The number of hydrogen-bond donors (Lipinski definition) is 1. The molecule has 0 aromatic heterocycles. The zero-order valence-corrected chi connectivity index (χ0v) is 11.4. The molecule has 0 unspecified atom stereocenters. The van der Waals surface area contributed by atoms with Crippen molar-refractivity contribution in [2.75, 3.05) is 6.54 Å². The lowest BCUT2D eigenvalue weighted by Crippen LogP contribution is -2.24. The Balaban J connectivity index is 1.94. The second kappa shape index (κ2) is 5.10. The first-order valence-corrected chi connectivity index (χ1v) is 7.34. The van der Waals surface area contributed by atoms with E-state index in [0.29, 0.717) is 12.5 Å². The molecule has 1 heterocycles. The van der Waals surface area contributed by atoms with Crippen LogP contribution < -0.4 is 10.5 Å². The molecule has 2 N–H and O–H groups in total. The van der Waals surface area contributed by atoms with Crippen LogP contribution in [0.3, 0.4) is 0 Å². The van der Waals surface area contributed by atoms with Crippen LogP contribution in [-0.4, -0.2) is 12.6 Å². The Hall–Kier alpha value is -0.730. The van der Waals surface area contributed by atoms with Gasteiger partial charge >= 0.3 is 0 Å². The monoisotopic (exact) mass is 265 g/mol. The number of hydrogen-bond acceptors (Lipinski definition) is 2. The molecule has 1 aliphatic heterocycles. The van der Waals surface area contributed by atoms with Crippen LogP contribution in [0.15, 0.2) is 12.1 Å². The molecular formula is C15H20ClNO. The quantitative estimate of drug-likeness (QED) is 0.886. The third kappa shape index (κ3) is 2.24. The fraction of sp³-hybridized carbons (Fsp3) is 0.600. The Labute approximate surface area is 113 Å². The zero-order valence-electron chi connectivity index (χ0n) is 10.6. The second-order valence-electron chi connectivity index (χ2n) is 5.50. The van der Waals surface area contributed by atoms with Crippen LogP contribution >= 0.6 is 11.6 Å². The van der Waals surface area contributed by atoms with Crippen molar-refractivity contribution >= 4 is 11.6 Å². The van der Waals surface area contributed by atoms with Crippen molar-refractivity contribution in [3.8, 4) is 5.75 Å². The van der Waals surface area contributed by atoms with E-state index < -0.39 is 0 Å². The molecular weight excluding hydrogens is 246 g/mol. The van der Waals surface area contributed by atoms with Crippen LogP contribution in [0.25, 0.3) is 0 Å². The Morgan fingerprint density at radius 3 is 2.72 bits per heavy atom. The molecule has 18 heavy (non-hydrogen) atoms. The van der Waals surface area contributed by atoms with Crippen LogP contribution in [0.4, 0.5) is 0 Å². The lowest BCUT2D eigenvalue weighted by atomic mass is 9.83. The Morgan fingerprint density at radius 1 is 1.22 bits per heavy atom. The van der Waals surface area contributed by atoms with Gasteiger partial charge in [-0.05, 0) is 42.0 Å². The number of benzene rings is 1. The summed E-state index contributed by atoms with van der Waals surface area (Å²) >= 11 is 6.25. The smallest absolute Gasteiger partial charge is 0.126 e. The maximum Gasteiger partial charge on any atom is 0.126 e. The van der Waals surface area contributed by atoms with Gasteiger partial charge in [0.25, 0.3) is 0 Å². The van der Waals surface area contributed by atoms with Gasteiger partial charge < -0.3 is 10.5 Å². The lowest BCUT2D eigenvalue weighted by Gasteiger charge is -2.24. The van der Waals surface area contributed by atoms with Gasteiger partial charge in [-0.1, -0.05) is 30.9 Å². The number of halogens is 1. The van der Waals surface area contributed by atoms with Crippen molar-refractivity contribution < 1.29 is 4.74 Å². The highest BCUT2D eigenvalue weighted by molar-refractivity contribution is 6.30. The van der Waals surface area contributed by atoms with E-state index in [1.807, 2.05) is 6.07 Å². The van der Waals surface area contributed by atoms with E-state index in [-0.39, 0.29) is 6.10 Å². The minimum absolute atomic E-state index is 0.140. The summed E-state index contributed by atoms with van der Waals surface area (Å²) in [5.74, 6) is 1.71.